The second kappa shape index (κ2) is 8.43. The summed E-state index contributed by atoms with van der Waals surface area (Å²) in [7, 11) is 1.95. The van der Waals surface area contributed by atoms with Crippen LogP contribution in [0.25, 0.3) is 5.76 Å². The summed E-state index contributed by atoms with van der Waals surface area (Å²) in [5.41, 5.74) is 2.98. The van der Waals surface area contributed by atoms with E-state index in [0.717, 1.165) is 29.1 Å². The van der Waals surface area contributed by atoms with Crippen molar-refractivity contribution in [3.63, 3.8) is 0 Å². The van der Waals surface area contributed by atoms with Gasteiger partial charge in [-0.25, -0.2) is 0 Å². The van der Waals surface area contributed by atoms with E-state index in [9.17, 15) is 14.7 Å². The summed E-state index contributed by atoms with van der Waals surface area (Å²) in [4.78, 5) is 33.9. The number of benzene rings is 2. The van der Waals surface area contributed by atoms with Crippen molar-refractivity contribution >= 4 is 23.1 Å². The van der Waals surface area contributed by atoms with Crippen molar-refractivity contribution in [2.45, 2.75) is 12.6 Å². The van der Waals surface area contributed by atoms with Crippen LogP contribution in [0.4, 0.5) is 5.69 Å². The molecule has 166 valence electrons. The zero-order valence-corrected chi connectivity index (χ0v) is 18.1. The number of carbonyl (C=O) groups is 2. The lowest BCUT2D eigenvalue weighted by Crippen LogP contribution is -2.29. The number of likely N-dealkylation sites (N-methyl/N-ethyl adjacent to an activating group) is 1. The molecule has 7 heteroatoms. The smallest absolute Gasteiger partial charge is 0.295 e. The molecule has 33 heavy (non-hydrogen) atoms. The third-order valence-corrected chi connectivity index (χ3v) is 6.09. The predicted octanol–water partition coefficient (Wildman–Crippen LogP) is 3.53. The molecule has 1 fully saturated rings. The van der Waals surface area contributed by atoms with Gasteiger partial charge in [0.25, 0.3) is 11.7 Å². The Morgan fingerprint density at radius 3 is 2.61 bits per heavy atom. The van der Waals surface area contributed by atoms with Crippen LogP contribution in [0.3, 0.4) is 0 Å². The minimum Gasteiger partial charge on any atom is -0.507 e. The number of rotatable bonds is 4. The van der Waals surface area contributed by atoms with Gasteiger partial charge in [-0.1, -0.05) is 30.3 Å². The van der Waals surface area contributed by atoms with Gasteiger partial charge in [0.1, 0.15) is 18.1 Å². The summed E-state index contributed by atoms with van der Waals surface area (Å²) in [6.45, 7) is 1.53. The lowest BCUT2D eigenvalue weighted by Gasteiger charge is -2.28. The molecule has 1 N–H and O–H groups in total. The van der Waals surface area contributed by atoms with Crippen molar-refractivity contribution in [2.24, 2.45) is 0 Å². The molecule has 5 rings (SSSR count). The van der Waals surface area contributed by atoms with Crippen LogP contribution in [0.15, 0.2) is 78.6 Å². The summed E-state index contributed by atoms with van der Waals surface area (Å²) in [6.07, 6.45) is 3.30. The Morgan fingerprint density at radius 2 is 1.85 bits per heavy atom. The first-order chi connectivity index (χ1) is 16.0. The Morgan fingerprint density at radius 1 is 1.09 bits per heavy atom. The van der Waals surface area contributed by atoms with Gasteiger partial charge in [-0.15, -0.1) is 0 Å². The fourth-order valence-electron chi connectivity index (χ4n) is 4.36. The molecule has 1 amide bonds. The van der Waals surface area contributed by atoms with Gasteiger partial charge < -0.3 is 19.6 Å². The third kappa shape index (κ3) is 3.71. The molecule has 1 aromatic heterocycles. The van der Waals surface area contributed by atoms with Crippen molar-refractivity contribution in [3.8, 4) is 5.75 Å². The Kier molecular flexibility index (Phi) is 5.30. The number of fused-ring (bicyclic) bond motifs is 1. The molecule has 0 radical (unpaired) electrons. The maximum absolute atomic E-state index is 13.2. The number of anilines is 1. The van der Waals surface area contributed by atoms with Crippen molar-refractivity contribution in [3.05, 3.63) is 95.3 Å². The average molecular weight is 441 g/mol. The van der Waals surface area contributed by atoms with Crippen LogP contribution in [-0.2, 0) is 16.1 Å². The number of amides is 1. The van der Waals surface area contributed by atoms with Gasteiger partial charge in [0, 0.05) is 31.5 Å². The van der Waals surface area contributed by atoms with Crippen LogP contribution in [0.2, 0.25) is 0 Å². The number of hydrogen-bond acceptors (Lipinski definition) is 6. The van der Waals surface area contributed by atoms with E-state index < -0.39 is 17.7 Å². The van der Waals surface area contributed by atoms with E-state index in [4.69, 9.17) is 4.74 Å². The topological polar surface area (TPSA) is 83.0 Å². The Hall–Kier alpha value is -4.13. The van der Waals surface area contributed by atoms with E-state index in [2.05, 4.69) is 4.98 Å². The molecule has 7 nitrogen and oxygen atoms in total. The largest absolute Gasteiger partial charge is 0.507 e. The van der Waals surface area contributed by atoms with Crippen molar-refractivity contribution in [1.82, 2.24) is 9.88 Å². The van der Waals surface area contributed by atoms with E-state index >= 15 is 0 Å². The first-order valence-electron chi connectivity index (χ1n) is 10.7. The Labute approximate surface area is 191 Å². The first-order valence-corrected chi connectivity index (χ1v) is 10.7. The molecule has 1 saturated heterocycles. The molecular weight excluding hydrogens is 418 g/mol. The maximum atomic E-state index is 13.2. The molecule has 2 aliphatic heterocycles. The summed E-state index contributed by atoms with van der Waals surface area (Å²) in [6, 6.07) is 17.5. The SMILES string of the molecule is CN1CCOc2ccc(/C(O)=C3/C(=O)C(=O)N(Cc4ccncc4)C3c3ccccc3)cc21. The monoisotopic (exact) mass is 441 g/mol. The molecule has 1 atom stereocenters. The van der Waals surface area contributed by atoms with Crippen molar-refractivity contribution in [2.75, 3.05) is 25.1 Å². The highest BCUT2D eigenvalue weighted by atomic mass is 16.5. The van der Waals surface area contributed by atoms with Crippen LogP contribution < -0.4 is 9.64 Å². The van der Waals surface area contributed by atoms with Gasteiger partial charge in [0.15, 0.2) is 0 Å². The van der Waals surface area contributed by atoms with Crippen molar-refractivity contribution < 1.29 is 19.4 Å². The zero-order chi connectivity index (χ0) is 22.9. The number of carbonyl (C=O) groups excluding carboxylic acids is 2. The van der Waals surface area contributed by atoms with Crippen molar-refractivity contribution in [1.29, 1.82) is 0 Å². The van der Waals surface area contributed by atoms with E-state index in [1.165, 1.54) is 4.90 Å². The third-order valence-electron chi connectivity index (χ3n) is 6.09. The molecule has 3 aromatic rings. The van der Waals surface area contributed by atoms with Gasteiger partial charge in [-0.05, 0) is 41.5 Å². The second-order valence-electron chi connectivity index (χ2n) is 8.15. The summed E-state index contributed by atoms with van der Waals surface area (Å²) >= 11 is 0. The molecule has 0 aliphatic carbocycles. The molecule has 2 aromatic carbocycles. The van der Waals surface area contributed by atoms with Gasteiger partial charge in [0.2, 0.25) is 0 Å². The molecule has 1 unspecified atom stereocenters. The Balaban J connectivity index is 1.63. The standard InChI is InChI=1S/C26H23N3O4/c1-28-13-14-33-21-8-7-19(15-20(21)28)24(30)22-23(18-5-3-2-4-6-18)29(26(32)25(22)31)16-17-9-11-27-12-10-17/h2-12,15,23,30H,13-14,16H2,1H3/b24-22-. The van der Waals surface area contributed by atoms with Gasteiger partial charge in [0.05, 0.1) is 23.8 Å². The number of ketones is 1. The number of hydrogen-bond donors (Lipinski definition) is 1. The van der Waals surface area contributed by atoms with Crippen LogP contribution >= 0.6 is 0 Å². The molecule has 2 aliphatic rings. The van der Waals surface area contributed by atoms with E-state index in [0.29, 0.717) is 12.2 Å². The second-order valence-corrected chi connectivity index (χ2v) is 8.15. The van der Waals surface area contributed by atoms with E-state index in [-0.39, 0.29) is 17.9 Å². The lowest BCUT2D eigenvalue weighted by molar-refractivity contribution is -0.140. The highest BCUT2D eigenvalue weighted by Crippen LogP contribution is 2.41. The fourth-order valence-corrected chi connectivity index (χ4v) is 4.36. The number of aromatic nitrogens is 1. The number of pyridine rings is 1. The van der Waals surface area contributed by atoms with Gasteiger partial charge in [-0.3, -0.25) is 14.6 Å². The normalized spacial score (nSPS) is 19.4. The van der Waals surface area contributed by atoms with Crippen LogP contribution in [0, 0.1) is 0 Å². The molecule has 3 heterocycles. The fraction of sp³-hybridized carbons (Fsp3) is 0.192. The Bertz CT molecular complexity index is 1240. The van der Waals surface area contributed by atoms with Crippen LogP contribution in [0.5, 0.6) is 5.75 Å². The molecular formula is C26H23N3O4. The summed E-state index contributed by atoms with van der Waals surface area (Å²) < 4.78 is 5.69. The summed E-state index contributed by atoms with van der Waals surface area (Å²) in [5.74, 6) is -0.808. The number of likely N-dealkylation sites (tertiary alicyclic amines) is 1. The minimum absolute atomic E-state index is 0.0830. The minimum atomic E-state index is -0.704. The summed E-state index contributed by atoms with van der Waals surface area (Å²) in [5, 5.41) is 11.3. The van der Waals surface area contributed by atoms with Crippen LogP contribution in [0.1, 0.15) is 22.7 Å². The van der Waals surface area contributed by atoms with Crippen LogP contribution in [-0.4, -0.2) is 46.9 Å². The number of Topliss-reactive ketones (excluding diaryl/α,β-unsaturated/α-hetero) is 1. The maximum Gasteiger partial charge on any atom is 0.295 e. The average Bonchev–Trinajstić information content (AvgIpc) is 3.10. The first kappa shape index (κ1) is 20.8. The lowest BCUT2D eigenvalue weighted by atomic mass is 9.95. The van der Waals surface area contributed by atoms with Gasteiger partial charge in [-0.2, -0.15) is 0 Å². The zero-order valence-electron chi connectivity index (χ0n) is 18.1. The highest BCUT2D eigenvalue weighted by Gasteiger charge is 2.46. The number of ether oxygens (including phenoxy) is 1. The number of aliphatic hydroxyl groups is 1. The van der Waals surface area contributed by atoms with Gasteiger partial charge >= 0.3 is 0 Å². The highest BCUT2D eigenvalue weighted by molar-refractivity contribution is 6.46. The predicted molar refractivity (Wildman–Crippen MR) is 124 cm³/mol. The molecule has 0 spiro atoms. The molecule has 0 bridgehead atoms. The number of aliphatic hydroxyl groups excluding tert-OH is 1. The van der Waals surface area contributed by atoms with E-state index in [1.54, 1.807) is 42.7 Å². The number of nitrogens with zero attached hydrogens (tertiary/aromatic N) is 3. The quantitative estimate of drug-likeness (QED) is 0.379. The molecule has 0 saturated carbocycles. The van der Waals surface area contributed by atoms with E-state index in [1.807, 2.05) is 42.3 Å².